The van der Waals surface area contributed by atoms with Gasteiger partial charge in [0.2, 0.25) is 0 Å². The second-order valence-electron chi connectivity index (χ2n) is 4.74. The van der Waals surface area contributed by atoms with Gasteiger partial charge in [0.25, 0.3) is 0 Å². The lowest BCUT2D eigenvalue weighted by Crippen LogP contribution is -2.23. The highest BCUT2D eigenvalue weighted by molar-refractivity contribution is 8.00. The van der Waals surface area contributed by atoms with Crippen LogP contribution in [0.3, 0.4) is 0 Å². The normalized spacial score (nSPS) is 11.2. The molecule has 7 heteroatoms. The molecule has 4 nitrogen and oxygen atoms in total. The van der Waals surface area contributed by atoms with Gasteiger partial charge in [-0.3, -0.25) is 0 Å². The van der Waals surface area contributed by atoms with E-state index in [-0.39, 0.29) is 0 Å². The van der Waals surface area contributed by atoms with Crippen molar-refractivity contribution >= 4 is 40.0 Å². The highest BCUT2D eigenvalue weighted by atomic mass is 35.5. The molecule has 0 unspecified atom stereocenters. The number of aliphatic hydroxyl groups is 1. The summed E-state index contributed by atoms with van der Waals surface area (Å²) in [6.45, 7) is 3.89. The van der Waals surface area contributed by atoms with E-state index in [4.69, 9.17) is 16.9 Å². The fraction of sp³-hybridized carbons (Fsp3) is 0.333. The highest BCUT2D eigenvalue weighted by Gasteiger charge is 2.27. The maximum atomic E-state index is 10.5. The molecule has 1 aromatic heterocycles. The van der Waals surface area contributed by atoms with Crippen molar-refractivity contribution in [3.8, 4) is 6.07 Å². The molecule has 0 saturated heterocycles. The molecule has 22 heavy (non-hydrogen) atoms. The summed E-state index contributed by atoms with van der Waals surface area (Å²) in [5.41, 5.74) is 0.353. The average molecular weight is 354 g/mol. The van der Waals surface area contributed by atoms with Crippen molar-refractivity contribution in [1.29, 1.82) is 5.26 Å². The molecule has 0 radical (unpaired) electrons. The molecule has 2 rings (SSSR count). The fourth-order valence-corrected chi connectivity index (χ4v) is 3.69. The molecule has 1 aromatic carbocycles. The van der Waals surface area contributed by atoms with Gasteiger partial charge in [-0.1, -0.05) is 25.4 Å². The molecule has 0 atom stereocenters. The molecular formula is C15H16ClN3OS2. The maximum Gasteiger partial charge on any atom is 0.193 e. The number of aromatic nitrogens is 1. The number of thiazole rings is 1. The van der Waals surface area contributed by atoms with Crippen LogP contribution in [-0.2, 0) is 5.60 Å². The molecule has 0 aliphatic heterocycles. The Morgan fingerprint density at radius 3 is 2.77 bits per heavy atom. The second kappa shape index (κ2) is 7.34. The molecule has 0 spiro atoms. The van der Waals surface area contributed by atoms with E-state index < -0.39 is 5.60 Å². The molecule has 2 N–H and O–H groups in total. The van der Waals surface area contributed by atoms with Gasteiger partial charge in [-0.25, -0.2) is 4.98 Å². The van der Waals surface area contributed by atoms with Gasteiger partial charge in [0.1, 0.15) is 5.60 Å². The van der Waals surface area contributed by atoms with Crippen LogP contribution in [0.4, 0.5) is 5.13 Å². The molecule has 0 amide bonds. The standard InChI is InChI=1S/C15H16ClN3OS2/c1-3-15(20,4-2)13-9-21-14(18-13)19-22-12-6-5-10(8-17)7-11(12)16/h5-7,9,20H,3-4H2,1-2H3,(H,18,19). The van der Waals surface area contributed by atoms with E-state index in [9.17, 15) is 5.11 Å². The molecule has 0 aliphatic carbocycles. The van der Waals surface area contributed by atoms with Crippen molar-refractivity contribution in [3.63, 3.8) is 0 Å². The first-order valence-electron chi connectivity index (χ1n) is 6.83. The number of nitrogens with zero attached hydrogens (tertiary/aromatic N) is 2. The largest absolute Gasteiger partial charge is 0.384 e. The fourth-order valence-electron chi connectivity index (χ4n) is 1.90. The van der Waals surface area contributed by atoms with Crippen LogP contribution in [0.2, 0.25) is 5.02 Å². The highest BCUT2D eigenvalue weighted by Crippen LogP contribution is 2.34. The average Bonchev–Trinajstić information content (AvgIpc) is 3.02. The van der Waals surface area contributed by atoms with Gasteiger partial charge < -0.3 is 9.83 Å². The Bertz CT molecular complexity index is 692. The number of halogens is 1. The molecule has 0 aliphatic rings. The zero-order chi connectivity index (χ0) is 16.2. The van der Waals surface area contributed by atoms with Gasteiger partial charge in [0.05, 0.1) is 22.3 Å². The van der Waals surface area contributed by atoms with E-state index in [0.717, 1.165) is 4.90 Å². The van der Waals surface area contributed by atoms with E-state index in [2.05, 4.69) is 9.71 Å². The number of hydrogen-bond donors (Lipinski definition) is 2. The Kier molecular flexibility index (Phi) is 5.70. The first kappa shape index (κ1) is 17.1. The Balaban J connectivity index is 2.07. The summed E-state index contributed by atoms with van der Waals surface area (Å²) in [5.74, 6) is 0. The van der Waals surface area contributed by atoms with Crippen LogP contribution in [0.1, 0.15) is 37.9 Å². The second-order valence-corrected chi connectivity index (χ2v) is 6.85. The summed E-state index contributed by atoms with van der Waals surface area (Å²) in [7, 11) is 0. The van der Waals surface area contributed by atoms with Crippen LogP contribution in [0.25, 0.3) is 0 Å². The van der Waals surface area contributed by atoms with Gasteiger partial charge in [0.15, 0.2) is 5.13 Å². The van der Waals surface area contributed by atoms with Gasteiger partial charge >= 0.3 is 0 Å². The van der Waals surface area contributed by atoms with Crippen LogP contribution in [0, 0.1) is 11.3 Å². The number of benzene rings is 1. The number of nitrogens with one attached hydrogen (secondary N) is 1. The van der Waals surface area contributed by atoms with E-state index in [1.807, 2.05) is 25.3 Å². The van der Waals surface area contributed by atoms with E-state index in [0.29, 0.717) is 34.3 Å². The van der Waals surface area contributed by atoms with Crippen molar-refractivity contribution in [2.75, 3.05) is 4.72 Å². The third-order valence-electron chi connectivity index (χ3n) is 3.46. The lowest BCUT2D eigenvalue weighted by atomic mass is 9.94. The minimum atomic E-state index is -0.868. The first-order valence-corrected chi connectivity index (χ1v) is 8.90. The monoisotopic (exact) mass is 353 g/mol. The molecule has 0 bridgehead atoms. The number of anilines is 1. The zero-order valence-corrected chi connectivity index (χ0v) is 14.6. The van der Waals surface area contributed by atoms with Gasteiger partial charge in [-0.05, 0) is 43.0 Å². The summed E-state index contributed by atoms with van der Waals surface area (Å²) >= 11 is 8.90. The molecular weight excluding hydrogens is 338 g/mol. The minimum absolute atomic E-state index is 0.520. The van der Waals surface area contributed by atoms with Crippen molar-refractivity contribution in [2.45, 2.75) is 37.2 Å². The van der Waals surface area contributed by atoms with E-state index >= 15 is 0 Å². The quantitative estimate of drug-likeness (QED) is 0.730. The predicted octanol–water partition coefficient (Wildman–Crippen LogP) is 4.79. The van der Waals surface area contributed by atoms with E-state index in [1.54, 1.807) is 18.2 Å². The predicted molar refractivity (Wildman–Crippen MR) is 92.2 cm³/mol. The van der Waals surface area contributed by atoms with Crippen molar-refractivity contribution in [1.82, 2.24) is 4.98 Å². The summed E-state index contributed by atoms with van der Waals surface area (Å²) in [6, 6.07) is 7.19. The van der Waals surface area contributed by atoms with Crippen LogP contribution in [0.5, 0.6) is 0 Å². The van der Waals surface area contributed by atoms with Crippen molar-refractivity contribution < 1.29 is 5.11 Å². The smallest absolute Gasteiger partial charge is 0.193 e. The summed E-state index contributed by atoms with van der Waals surface area (Å²) in [4.78, 5) is 5.26. The number of hydrogen-bond acceptors (Lipinski definition) is 6. The molecule has 116 valence electrons. The van der Waals surface area contributed by atoms with Crippen LogP contribution < -0.4 is 4.72 Å². The van der Waals surface area contributed by atoms with Gasteiger partial charge in [0, 0.05) is 10.3 Å². The van der Waals surface area contributed by atoms with E-state index in [1.165, 1.54) is 23.3 Å². The lowest BCUT2D eigenvalue weighted by Gasteiger charge is -2.22. The Labute approximate surface area is 143 Å². The molecule has 1 heterocycles. The minimum Gasteiger partial charge on any atom is -0.384 e. The SMILES string of the molecule is CCC(O)(CC)c1csc(NSc2ccc(C#N)cc2Cl)n1. The molecule has 0 saturated carbocycles. The molecule has 0 fully saturated rings. The van der Waals surface area contributed by atoms with Crippen molar-refractivity contribution in [3.05, 3.63) is 39.9 Å². The summed E-state index contributed by atoms with van der Waals surface area (Å²) in [6.07, 6.45) is 1.25. The summed E-state index contributed by atoms with van der Waals surface area (Å²) < 4.78 is 3.13. The Morgan fingerprint density at radius 2 is 2.18 bits per heavy atom. The topological polar surface area (TPSA) is 68.9 Å². The van der Waals surface area contributed by atoms with Gasteiger partial charge in [-0.2, -0.15) is 5.26 Å². The lowest BCUT2D eigenvalue weighted by molar-refractivity contribution is 0.0247. The van der Waals surface area contributed by atoms with Crippen LogP contribution in [-0.4, -0.2) is 10.1 Å². The van der Waals surface area contributed by atoms with Crippen LogP contribution in [0.15, 0.2) is 28.5 Å². The number of nitriles is 1. The van der Waals surface area contributed by atoms with Gasteiger partial charge in [-0.15, -0.1) is 11.3 Å². The first-order chi connectivity index (χ1) is 10.5. The summed E-state index contributed by atoms with van der Waals surface area (Å²) in [5, 5.41) is 22.4. The Morgan fingerprint density at radius 1 is 1.45 bits per heavy atom. The zero-order valence-electron chi connectivity index (χ0n) is 12.3. The Hall–Kier alpha value is -1.26. The molecule has 2 aromatic rings. The maximum absolute atomic E-state index is 10.5. The third-order valence-corrected chi connectivity index (χ3v) is 5.64. The number of rotatable bonds is 6. The van der Waals surface area contributed by atoms with Crippen LogP contribution >= 0.6 is 34.9 Å². The third kappa shape index (κ3) is 3.73. The van der Waals surface area contributed by atoms with Crippen molar-refractivity contribution in [2.24, 2.45) is 0 Å².